The molecule has 3 aromatic rings. The molecule has 0 atom stereocenters. The summed E-state index contributed by atoms with van der Waals surface area (Å²) >= 11 is 0. The number of ketones is 1. The Hall–Kier alpha value is -3.28. The van der Waals surface area contributed by atoms with Gasteiger partial charge in [0.15, 0.2) is 5.78 Å². The normalized spacial score (nSPS) is 10.5. The van der Waals surface area contributed by atoms with Crippen LogP contribution >= 0.6 is 0 Å². The summed E-state index contributed by atoms with van der Waals surface area (Å²) in [6, 6.07) is 16.7. The second kappa shape index (κ2) is 8.20. The molecule has 1 aromatic heterocycles. The molecule has 3 rings (SSSR count). The fourth-order valence-corrected chi connectivity index (χ4v) is 2.40. The fourth-order valence-electron chi connectivity index (χ4n) is 2.40. The molecule has 0 aliphatic carbocycles. The number of aryl methyl sites for hydroxylation is 1. The molecule has 1 heterocycles. The van der Waals surface area contributed by atoms with Crippen molar-refractivity contribution >= 4 is 11.7 Å². The molecule has 0 saturated heterocycles. The van der Waals surface area contributed by atoms with Crippen molar-refractivity contribution in [3.63, 3.8) is 0 Å². The highest BCUT2D eigenvalue weighted by molar-refractivity contribution is 5.97. The monoisotopic (exact) mass is 349 g/mol. The third kappa shape index (κ3) is 4.63. The van der Waals surface area contributed by atoms with Crippen LogP contribution in [-0.2, 0) is 11.3 Å². The van der Waals surface area contributed by atoms with Gasteiger partial charge in [0.1, 0.15) is 0 Å². The van der Waals surface area contributed by atoms with Gasteiger partial charge in [-0.15, -0.1) is 0 Å². The van der Waals surface area contributed by atoms with Crippen molar-refractivity contribution in [2.24, 2.45) is 0 Å². The molecule has 0 spiro atoms. The van der Waals surface area contributed by atoms with Gasteiger partial charge in [0.05, 0.1) is 6.54 Å². The zero-order chi connectivity index (χ0) is 18.4. The fraction of sp³-hybridized carbons (Fsp3) is 0.200. The Balaban J connectivity index is 1.47. The van der Waals surface area contributed by atoms with E-state index in [9.17, 15) is 9.59 Å². The van der Waals surface area contributed by atoms with Gasteiger partial charge in [0, 0.05) is 24.0 Å². The highest BCUT2D eigenvalue weighted by atomic mass is 16.5. The van der Waals surface area contributed by atoms with Gasteiger partial charge in [0.25, 0.3) is 0 Å². The number of benzene rings is 2. The molecular weight excluding hydrogens is 330 g/mol. The smallest absolute Gasteiger partial charge is 0.246 e. The molecule has 0 aliphatic heterocycles. The maximum absolute atomic E-state index is 12.0. The summed E-state index contributed by atoms with van der Waals surface area (Å²) in [4.78, 5) is 28.2. The molecule has 6 nitrogen and oxygen atoms in total. The molecule has 1 N–H and O–H groups in total. The summed E-state index contributed by atoms with van der Waals surface area (Å²) in [7, 11) is 0. The summed E-state index contributed by atoms with van der Waals surface area (Å²) in [5.41, 5.74) is 2.61. The first kappa shape index (κ1) is 17.5. The molecule has 1 amide bonds. The van der Waals surface area contributed by atoms with E-state index in [-0.39, 0.29) is 31.1 Å². The summed E-state index contributed by atoms with van der Waals surface area (Å²) in [6.45, 7) is 2.14. The number of carbonyl (C=O) groups is 2. The molecule has 0 bridgehead atoms. The van der Waals surface area contributed by atoms with E-state index in [0.717, 1.165) is 11.1 Å². The van der Waals surface area contributed by atoms with Gasteiger partial charge < -0.3 is 9.84 Å². The van der Waals surface area contributed by atoms with Gasteiger partial charge in [-0.3, -0.25) is 9.59 Å². The van der Waals surface area contributed by atoms with Crippen molar-refractivity contribution in [1.82, 2.24) is 15.5 Å². The van der Waals surface area contributed by atoms with Crippen molar-refractivity contribution in [2.75, 3.05) is 0 Å². The average molecular weight is 349 g/mol. The molecule has 0 unspecified atom stereocenters. The molecule has 0 fully saturated rings. The van der Waals surface area contributed by atoms with Gasteiger partial charge in [-0.25, -0.2) is 0 Å². The molecule has 0 saturated carbocycles. The van der Waals surface area contributed by atoms with Gasteiger partial charge in [-0.1, -0.05) is 65.3 Å². The van der Waals surface area contributed by atoms with Crippen molar-refractivity contribution in [3.05, 3.63) is 71.6 Å². The van der Waals surface area contributed by atoms with Crippen molar-refractivity contribution < 1.29 is 14.1 Å². The van der Waals surface area contributed by atoms with Crippen LogP contribution in [0, 0.1) is 6.92 Å². The van der Waals surface area contributed by atoms with Crippen LogP contribution in [0.3, 0.4) is 0 Å². The number of aromatic nitrogens is 2. The number of amides is 1. The van der Waals surface area contributed by atoms with Crippen molar-refractivity contribution in [3.8, 4) is 11.4 Å². The Morgan fingerprint density at radius 2 is 1.73 bits per heavy atom. The van der Waals surface area contributed by atoms with Crippen LogP contribution in [0.25, 0.3) is 11.4 Å². The number of Topliss-reactive ketones (excluding diaryl/α,β-unsaturated/α-hetero) is 1. The maximum atomic E-state index is 12.0. The third-order valence-electron chi connectivity index (χ3n) is 3.89. The van der Waals surface area contributed by atoms with Gasteiger partial charge in [0.2, 0.25) is 17.6 Å². The van der Waals surface area contributed by atoms with Crippen LogP contribution < -0.4 is 5.32 Å². The molecule has 0 radical (unpaired) electrons. The van der Waals surface area contributed by atoms with E-state index >= 15 is 0 Å². The quantitative estimate of drug-likeness (QED) is 0.661. The van der Waals surface area contributed by atoms with E-state index in [0.29, 0.717) is 17.3 Å². The molecule has 6 heteroatoms. The third-order valence-corrected chi connectivity index (χ3v) is 3.89. The highest BCUT2D eigenvalue weighted by Crippen LogP contribution is 2.16. The predicted octanol–water partition coefficient (Wildman–Crippen LogP) is 3.32. The lowest BCUT2D eigenvalue weighted by Crippen LogP contribution is -2.23. The Kier molecular flexibility index (Phi) is 5.53. The van der Waals surface area contributed by atoms with Crippen molar-refractivity contribution in [1.29, 1.82) is 0 Å². The Morgan fingerprint density at radius 3 is 2.46 bits per heavy atom. The van der Waals surface area contributed by atoms with Crippen LogP contribution in [0.4, 0.5) is 0 Å². The highest BCUT2D eigenvalue weighted by Gasteiger charge is 2.12. The largest absolute Gasteiger partial charge is 0.347 e. The number of hydrogen-bond acceptors (Lipinski definition) is 5. The molecule has 26 heavy (non-hydrogen) atoms. The van der Waals surface area contributed by atoms with Crippen LogP contribution in [0.1, 0.15) is 34.7 Å². The van der Waals surface area contributed by atoms with Crippen LogP contribution in [0.15, 0.2) is 59.1 Å². The summed E-state index contributed by atoms with van der Waals surface area (Å²) < 4.78 is 5.15. The standard InChI is InChI=1S/C20H19N3O3/c1-14-7-9-16(10-8-14)20-22-19(26-23-20)13-21-18(25)12-11-17(24)15-5-3-2-4-6-15/h2-10H,11-13H2,1H3,(H,21,25). The predicted molar refractivity (Wildman–Crippen MR) is 96.3 cm³/mol. The van der Waals surface area contributed by atoms with E-state index < -0.39 is 0 Å². The van der Waals surface area contributed by atoms with Crippen LogP contribution in [0.2, 0.25) is 0 Å². The van der Waals surface area contributed by atoms with E-state index in [4.69, 9.17) is 4.52 Å². The SMILES string of the molecule is Cc1ccc(-c2noc(CNC(=O)CCC(=O)c3ccccc3)n2)cc1. The minimum Gasteiger partial charge on any atom is -0.347 e. The average Bonchev–Trinajstić information content (AvgIpc) is 3.14. The topological polar surface area (TPSA) is 85.1 Å². The lowest BCUT2D eigenvalue weighted by molar-refractivity contribution is -0.121. The Bertz CT molecular complexity index is 886. The number of nitrogens with zero attached hydrogens (tertiary/aromatic N) is 2. The van der Waals surface area contributed by atoms with Gasteiger partial charge in [-0.05, 0) is 6.92 Å². The lowest BCUT2D eigenvalue weighted by atomic mass is 10.1. The lowest BCUT2D eigenvalue weighted by Gasteiger charge is -2.02. The molecular formula is C20H19N3O3. The number of hydrogen-bond donors (Lipinski definition) is 1. The number of carbonyl (C=O) groups excluding carboxylic acids is 2. The van der Waals surface area contributed by atoms with E-state index in [1.807, 2.05) is 37.3 Å². The van der Waals surface area contributed by atoms with E-state index in [2.05, 4.69) is 15.5 Å². The first-order valence-corrected chi connectivity index (χ1v) is 8.36. The Labute approximate surface area is 151 Å². The number of rotatable bonds is 7. The maximum Gasteiger partial charge on any atom is 0.246 e. The van der Waals surface area contributed by atoms with Gasteiger partial charge >= 0.3 is 0 Å². The summed E-state index contributed by atoms with van der Waals surface area (Å²) in [5.74, 6) is 0.515. The summed E-state index contributed by atoms with van der Waals surface area (Å²) in [5, 5.41) is 6.61. The molecule has 132 valence electrons. The van der Waals surface area contributed by atoms with E-state index in [1.165, 1.54) is 0 Å². The molecule has 0 aliphatic rings. The van der Waals surface area contributed by atoms with Gasteiger partial charge in [-0.2, -0.15) is 4.98 Å². The minimum absolute atomic E-state index is 0.0554. The second-order valence-electron chi connectivity index (χ2n) is 5.94. The zero-order valence-electron chi connectivity index (χ0n) is 14.4. The zero-order valence-corrected chi connectivity index (χ0v) is 14.4. The molecule has 2 aromatic carbocycles. The van der Waals surface area contributed by atoms with Crippen LogP contribution in [0.5, 0.6) is 0 Å². The number of nitrogens with one attached hydrogen (secondary N) is 1. The first-order valence-electron chi connectivity index (χ1n) is 8.36. The summed E-state index contributed by atoms with van der Waals surface area (Å²) in [6.07, 6.45) is 0.279. The Morgan fingerprint density at radius 1 is 1.00 bits per heavy atom. The first-order chi connectivity index (χ1) is 12.6. The second-order valence-corrected chi connectivity index (χ2v) is 5.94. The van der Waals surface area contributed by atoms with Crippen LogP contribution in [-0.4, -0.2) is 21.8 Å². The van der Waals surface area contributed by atoms with E-state index in [1.54, 1.807) is 24.3 Å². The minimum atomic E-state index is -0.232. The van der Waals surface area contributed by atoms with Crippen molar-refractivity contribution in [2.45, 2.75) is 26.3 Å².